The lowest BCUT2D eigenvalue weighted by Crippen LogP contribution is -2.56. The van der Waals surface area contributed by atoms with Gasteiger partial charge in [-0.25, -0.2) is 0 Å². The maximum Gasteiger partial charge on any atom is 0.282 e. The van der Waals surface area contributed by atoms with Gasteiger partial charge in [-0.1, -0.05) is 13.8 Å². The predicted molar refractivity (Wildman–Crippen MR) is 68.0 cm³/mol. The SMILES string of the molecule is CC1CC(C)CN(S(=O)(=O)N2CCNC(=O)C2)C1. The van der Waals surface area contributed by atoms with Crippen LogP contribution >= 0.6 is 0 Å². The first-order valence-corrected chi connectivity index (χ1v) is 7.81. The molecular weight excluding hydrogens is 254 g/mol. The second-order valence-electron chi connectivity index (χ2n) is 5.45. The van der Waals surface area contributed by atoms with Crippen LogP contribution in [-0.4, -0.2) is 55.7 Å². The minimum absolute atomic E-state index is 0.0540. The number of carbonyl (C=O) groups excluding carboxylic acids is 1. The molecule has 2 heterocycles. The van der Waals surface area contributed by atoms with Crippen molar-refractivity contribution >= 4 is 16.1 Å². The van der Waals surface area contributed by atoms with Crippen molar-refractivity contribution in [1.82, 2.24) is 13.9 Å². The number of hydrogen-bond acceptors (Lipinski definition) is 3. The van der Waals surface area contributed by atoms with Crippen molar-refractivity contribution in [3.63, 3.8) is 0 Å². The van der Waals surface area contributed by atoms with Gasteiger partial charge in [0.2, 0.25) is 5.91 Å². The summed E-state index contributed by atoms with van der Waals surface area (Å²) in [6.45, 7) is 5.98. The van der Waals surface area contributed by atoms with Crippen molar-refractivity contribution in [2.45, 2.75) is 20.3 Å². The topological polar surface area (TPSA) is 69.7 Å². The van der Waals surface area contributed by atoms with E-state index in [1.54, 1.807) is 0 Å². The quantitative estimate of drug-likeness (QED) is 0.748. The molecule has 2 aliphatic rings. The third-order valence-electron chi connectivity index (χ3n) is 3.49. The molecule has 0 saturated carbocycles. The fraction of sp³-hybridized carbons (Fsp3) is 0.909. The zero-order chi connectivity index (χ0) is 13.3. The number of piperidine rings is 1. The van der Waals surface area contributed by atoms with E-state index in [9.17, 15) is 13.2 Å². The van der Waals surface area contributed by atoms with E-state index in [1.807, 2.05) is 0 Å². The number of nitrogens with zero attached hydrogens (tertiary/aromatic N) is 2. The molecule has 6 nitrogen and oxygen atoms in total. The molecule has 0 aromatic rings. The number of carbonyl (C=O) groups is 1. The largest absolute Gasteiger partial charge is 0.354 e. The fourth-order valence-electron chi connectivity index (χ4n) is 2.77. The highest BCUT2D eigenvalue weighted by Gasteiger charge is 2.36. The summed E-state index contributed by atoms with van der Waals surface area (Å²) < 4.78 is 27.7. The van der Waals surface area contributed by atoms with Crippen molar-refractivity contribution in [3.05, 3.63) is 0 Å². The molecular formula is C11H21N3O3S. The molecule has 2 fully saturated rings. The second-order valence-corrected chi connectivity index (χ2v) is 7.38. The van der Waals surface area contributed by atoms with Crippen LogP contribution in [0.2, 0.25) is 0 Å². The molecule has 2 atom stereocenters. The molecule has 2 saturated heterocycles. The Balaban J connectivity index is 2.12. The molecule has 0 radical (unpaired) electrons. The highest BCUT2D eigenvalue weighted by Crippen LogP contribution is 2.24. The van der Waals surface area contributed by atoms with E-state index >= 15 is 0 Å². The molecule has 7 heteroatoms. The smallest absolute Gasteiger partial charge is 0.282 e. The van der Waals surface area contributed by atoms with Gasteiger partial charge in [-0.15, -0.1) is 0 Å². The standard InChI is InChI=1S/C11H21N3O3S/c1-9-5-10(2)7-14(6-9)18(16,17)13-4-3-12-11(15)8-13/h9-10H,3-8H2,1-2H3,(H,12,15). The lowest BCUT2D eigenvalue weighted by molar-refractivity contribution is -0.122. The van der Waals surface area contributed by atoms with E-state index in [4.69, 9.17) is 0 Å². The van der Waals surface area contributed by atoms with Crippen molar-refractivity contribution in [2.24, 2.45) is 11.8 Å². The Bertz CT molecular complexity index is 413. The fourth-order valence-corrected chi connectivity index (χ4v) is 4.58. The van der Waals surface area contributed by atoms with Gasteiger partial charge in [-0.3, -0.25) is 4.79 Å². The Kier molecular flexibility index (Phi) is 3.93. The van der Waals surface area contributed by atoms with Crippen LogP contribution < -0.4 is 5.32 Å². The molecule has 104 valence electrons. The van der Waals surface area contributed by atoms with Gasteiger partial charge in [-0.05, 0) is 18.3 Å². The van der Waals surface area contributed by atoms with Gasteiger partial charge in [0.15, 0.2) is 0 Å². The Morgan fingerprint density at radius 3 is 2.33 bits per heavy atom. The number of nitrogens with one attached hydrogen (secondary N) is 1. The third kappa shape index (κ3) is 2.84. The van der Waals surface area contributed by atoms with Gasteiger partial charge in [0, 0.05) is 26.2 Å². The summed E-state index contributed by atoms with van der Waals surface area (Å²) in [6.07, 6.45) is 1.06. The summed E-state index contributed by atoms with van der Waals surface area (Å²) in [5.74, 6) is 0.534. The van der Waals surface area contributed by atoms with Crippen molar-refractivity contribution < 1.29 is 13.2 Å². The number of rotatable bonds is 2. The maximum absolute atomic E-state index is 12.4. The van der Waals surface area contributed by atoms with Gasteiger partial charge in [0.1, 0.15) is 0 Å². The summed E-state index contributed by atoms with van der Waals surface area (Å²) in [5.41, 5.74) is 0. The monoisotopic (exact) mass is 275 g/mol. The number of hydrogen-bond donors (Lipinski definition) is 1. The number of amides is 1. The van der Waals surface area contributed by atoms with Crippen molar-refractivity contribution in [2.75, 3.05) is 32.7 Å². The van der Waals surface area contributed by atoms with Gasteiger partial charge in [0.25, 0.3) is 10.2 Å². The molecule has 0 aromatic heterocycles. The first-order chi connectivity index (χ1) is 8.39. The maximum atomic E-state index is 12.4. The van der Waals surface area contributed by atoms with Crippen LogP contribution in [-0.2, 0) is 15.0 Å². The Hall–Kier alpha value is -0.660. The highest BCUT2D eigenvalue weighted by atomic mass is 32.2. The van der Waals surface area contributed by atoms with Gasteiger partial charge in [0.05, 0.1) is 6.54 Å². The lowest BCUT2D eigenvalue weighted by Gasteiger charge is -2.38. The van der Waals surface area contributed by atoms with Crippen LogP contribution in [0.25, 0.3) is 0 Å². The zero-order valence-corrected chi connectivity index (χ0v) is 11.7. The summed E-state index contributed by atoms with van der Waals surface area (Å²) >= 11 is 0. The van der Waals surface area contributed by atoms with Crippen LogP contribution in [0.4, 0.5) is 0 Å². The van der Waals surface area contributed by atoms with Crippen LogP contribution in [0.3, 0.4) is 0 Å². The molecule has 18 heavy (non-hydrogen) atoms. The molecule has 0 bridgehead atoms. The van der Waals surface area contributed by atoms with E-state index in [1.165, 1.54) is 8.61 Å². The molecule has 2 aliphatic heterocycles. The Morgan fingerprint density at radius 1 is 1.17 bits per heavy atom. The summed E-state index contributed by atoms with van der Waals surface area (Å²) in [7, 11) is -3.48. The van der Waals surface area contributed by atoms with Crippen LogP contribution in [0, 0.1) is 11.8 Å². The first kappa shape index (κ1) is 13.8. The second kappa shape index (κ2) is 5.14. The van der Waals surface area contributed by atoms with Gasteiger partial charge in [-0.2, -0.15) is 17.0 Å². The molecule has 0 aliphatic carbocycles. The minimum atomic E-state index is -3.48. The van der Waals surface area contributed by atoms with Crippen molar-refractivity contribution in [3.8, 4) is 0 Å². The van der Waals surface area contributed by atoms with Gasteiger partial charge < -0.3 is 5.32 Å². The summed E-state index contributed by atoms with van der Waals surface area (Å²) in [4.78, 5) is 11.3. The van der Waals surface area contributed by atoms with E-state index in [-0.39, 0.29) is 12.5 Å². The summed E-state index contributed by atoms with van der Waals surface area (Å²) in [5, 5.41) is 2.64. The van der Waals surface area contributed by atoms with E-state index < -0.39 is 10.2 Å². The minimum Gasteiger partial charge on any atom is -0.354 e. The van der Waals surface area contributed by atoms with E-state index in [2.05, 4.69) is 19.2 Å². The Labute approximate surface area is 109 Å². The lowest BCUT2D eigenvalue weighted by atomic mass is 9.94. The average Bonchev–Trinajstić information content (AvgIpc) is 2.27. The molecule has 2 unspecified atom stereocenters. The van der Waals surface area contributed by atoms with E-state index in [0.29, 0.717) is 38.0 Å². The normalized spacial score (nSPS) is 32.2. The third-order valence-corrected chi connectivity index (χ3v) is 5.41. The molecule has 1 amide bonds. The van der Waals surface area contributed by atoms with Crippen LogP contribution in [0.15, 0.2) is 0 Å². The van der Waals surface area contributed by atoms with Gasteiger partial charge >= 0.3 is 0 Å². The van der Waals surface area contributed by atoms with Crippen LogP contribution in [0.5, 0.6) is 0 Å². The van der Waals surface area contributed by atoms with Crippen LogP contribution in [0.1, 0.15) is 20.3 Å². The molecule has 2 rings (SSSR count). The zero-order valence-electron chi connectivity index (χ0n) is 10.9. The molecule has 0 spiro atoms. The summed E-state index contributed by atoms with van der Waals surface area (Å²) in [6, 6.07) is 0. The Morgan fingerprint density at radius 2 is 1.78 bits per heavy atom. The predicted octanol–water partition coefficient (Wildman–Crippen LogP) is -0.359. The van der Waals surface area contributed by atoms with E-state index in [0.717, 1.165) is 6.42 Å². The highest BCUT2D eigenvalue weighted by molar-refractivity contribution is 7.86. The first-order valence-electron chi connectivity index (χ1n) is 6.41. The molecule has 0 aromatic carbocycles. The average molecular weight is 275 g/mol. The number of piperazine rings is 1. The van der Waals surface area contributed by atoms with Crippen molar-refractivity contribution in [1.29, 1.82) is 0 Å². The molecule has 1 N–H and O–H groups in total.